The lowest BCUT2D eigenvalue weighted by Gasteiger charge is -2.31. The number of alkyl halides is 3. The van der Waals surface area contributed by atoms with Crippen LogP contribution in [0.2, 0.25) is 0 Å². The molecule has 2 aromatic rings. The number of rotatable bonds is 3. The third kappa shape index (κ3) is 3.64. The standard InChI is InChI=1S/C21H27F3N4/c1-2-27-13-7-8-15(14-27)19-16-9-5-6-12-25-20(16)28(26-19)18-11-4-3-10-17(18)21(22,23)24/h3-4,10-11,15,25H,2,5-9,12-14H2,1H3. The molecule has 1 aromatic carbocycles. The van der Waals surface area contributed by atoms with Gasteiger partial charge in [0.15, 0.2) is 0 Å². The van der Waals surface area contributed by atoms with Crippen molar-refractivity contribution >= 4 is 5.82 Å². The first-order valence-electron chi connectivity index (χ1n) is 10.2. The summed E-state index contributed by atoms with van der Waals surface area (Å²) in [6, 6.07) is 5.74. The van der Waals surface area contributed by atoms with Crippen molar-refractivity contribution in [1.82, 2.24) is 14.7 Å². The van der Waals surface area contributed by atoms with Gasteiger partial charge >= 0.3 is 6.18 Å². The molecule has 0 radical (unpaired) electrons. The number of aromatic nitrogens is 2. The van der Waals surface area contributed by atoms with Gasteiger partial charge in [0.1, 0.15) is 5.82 Å². The number of anilines is 1. The topological polar surface area (TPSA) is 33.1 Å². The van der Waals surface area contributed by atoms with Gasteiger partial charge in [-0.3, -0.25) is 0 Å². The molecule has 1 fully saturated rings. The van der Waals surface area contributed by atoms with Gasteiger partial charge in [-0.1, -0.05) is 19.1 Å². The van der Waals surface area contributed by atoms with Crippen LogP contribution in [0.15, 0.2) is 24.3 Å². The Hall–Kier alpha value is -2.02. The molecule has 1 aromatic heterocycles. The number of nitrogens with zero attached hydrogens (tertiary/aromatic N) is 3. The Morgan fingerprint density at radius 1 is 1.18 bits per heavy atom. The maximum atomic E-state index is 13.6. The van der Waals surface area contributed by atoms with Crippen LogP contribution in [0.25, 0.3) is 5.69 Å². The van der Waals surface area contributed by atoms with Gasteiger partial charge in [-0.15, -0.1) is 0 Å². The normalized spacial score (nSPS) is 21.1. The first-order chi connectivity index (χ1) is 13.5. The Labute approximate surface area is 163 Å². The van der Waals surface area contributed by atoms with Gasteiger partial charge < -0.3 is 10.2 Å². The molecule has 2 aliphatic rings. The van der Waals surface area contributed by atoms with Crippen LogP contribution in [0, 0.1) is 0 Å². The third-order valence-electron chi connectivity index (χ3n) is 5.94. The van der Waals surface area contributed by atoms with Crippen molar-refractivity contribution < 1.29 is 13.2 Å². The average Bonchev–Trinajstić information content (AvgIpc) is 2.88. The van der Waals surface area contributed by atoms with Crippen molar-refractivity contribution in [2.75, 3.05) is 31.5 Å². The Morgan fingerprint density at radius 3 is 2.79 bits per heavy atom. The first kappa shape index (κ1) is 19.3. The Bertz CT molecular complexity index is 828. The molecule has 3 heterocycles. The molecule has 1 saturated heterocycles. The molecule has 4 nitrogen and oxygen atoms in total. The third-order valence-corrected chi connectivity index (χ3v) is 5.94. The van der Waals surface area contributed by atoms with Gasteiger partial charge in [-0.2, -0.15) is 18.3 Å². The maximum absolute atomic E-state index is 13.6. The summed E-state index contributed by atoms with van der Waals surface area (Å²) in [7, 11) is 0. The Balaban J connectivity index is 1.83. The molecule has 7 heteroatoms. The summed E-state index contributed by atoms with van der Waals surface area (Å²) in [5.74, 6) is 1.03. The fourth-order valence-electron chi connectivity index (χ4n) is 4.50. The van der Waals surface area contributed by atoms with Gasteiger partial charge in [-0.25, -0.2) is 4.68 Å². The second kappa shape index (κ2) is 7.78. The van der Waals surface area contributed by atoms with Gasteiger partial charge in [0, 0.05) is 24.6 Å². The molecule has 1 unspecified atom stereocenters. The molecule has 0 spiro atoms. The number of hydrogen-bond donors (Lipinski definition) is 1. The lowest BCUT2D eigenvalue weighted by Crippen LogP contribution is -2.34. The van der Waals surface area contributed by atoms with E-state index in [1.807, 2.05) is 0 Å². The summed E-state index contributed by atoms with van der Waals surface area (Å²) in [5, 5.41) is 8.17. The monoisotopic (exact) mass is 392 g/mol. The van der Waals surface area contributed by atoms with Crippen LogP contribution in [0.1, 0.15) is 55.3 Å². The van der Waals surface area contributed by atoms with E-state index in [9.17, 15) is 13.2 Å². The van der Waals surface area contributed by atoms with Crippen molar-refractivity contribution in [3.63, 3.8) is 0 Å². The van der Waals surface area contributed by atoms with Crippen LogP contribution in [-0.4, -0.2) is 40.9 Å². The highest BCUT2D eigenvalue weighted by molar-refractivity contribution is 5.57. The van der Waals surface area contributed by atoms with E-state index in [1.165, 1.54) is 16.8 Å². The van der Waals surface area contributed by atoms with Gasteiger partial charge in [-0.05, 0) is 57.3 Å². The highest BCUT2D eigenvalue weighted by atomic mass is 19.4. The van der Waals surface area contributed by atoms with Crippen LogP contribution in [-0.2, 0) is 12.6 Å². The van der Waals surface area contributed by atoms with Gasteiger partial charge in [0.2, 0.25) is 0 Å². The zero-order valence-corrected chi connectivity index (χ0v) is 16.2. The summed E-state index contributed by atoms with van der Waals surface area (Å²) in [5.41, 5.74) is 1.56. The molecular weight excluding hydrogens is 365 g/mol. The molecule has 1 atom stereocenters. The number of hydrogen-bond acceptors (Lipinski definition) is 3. The molecule has 2 aliphatic heterocycles. The molecular formula is C21H27F3N4. The van der Waals surface area contributed by atoms with Crippen molar-refractivity contribution in [2.45, 2.75) is 51.1 Å². The number of nitrogens with one attached hydrogen (secondary N) is 1. The minimum Gasteiger partial charge on any atom is -0.370 e. The van der Waals surface area contributed by atoms with Crippen LogP contribution >= 0.6 is 0 Å². The van der Waals surface area contributed by atoms with E-state index in [0.717, 1.165) is 81.4 Å². The molecule has 0 amide bonds. The number of fused-ring (bicyclic) bond motifs is 1. The van der Waals surface area contributed by atoms with E-state index < -0.39 is 11.7 Å². The number of halogens is 3. The van der Waals surface area contributed by atoms with Crippen LogP contribution in [0.4, 0.5) is 19.0 Å². The van der Waals surface area contributed by atoms with Gasteiger partial charge in [0.25, 0.3) is 0 Å². The number of para-hydroxylation sites is 1. The molecule has 0 aliphatic carbocycles. The van der Waals surface area contributed by atoms with E-state index in [-0.39, 0.29) is 11.6 Å². The smallest absolute Gasteiger partial charge is 0.370 e. The van der Waals surface area contributed by atoms with Crippen molar-refractivity contribution in [2.24, 2.45) is 0 Å². The Morgan fingerprint density at radius 2 is 2.00 bits per heavy atom. The predicted octanol–water partition coefficient (Wildman–Crippen LogP) is 4.84. The molecule has 1 N–H and O–H groups in total. The number of likely N-dealkylation sites (tertiary alicyclic amines) is 1. The lowest BCUT2D eigenvalue weighted by atomic mass is 9.91. The quantitative estimate of drug-likeness (QED) is 0.812. The predicted molar refractivity (Wildman–Crippen MR) is 104 cm³/mol. The highest BCUT2D eigenvalue weighted by Crippen LogP contribution is 2.39. The summed E-state index contributed by atoms with van der Waals surface area (Å²) >= 11 is 0. The molecule has 4 rings (SSSR count). The summed E-state index contributed by atoms with van der Waals surface area (Å²) in [6.07, 6.45) is 0.650. The largest absolute Gasteiger partial charge is 0.418 e. The summed E-state index contributed by atoms with van der Waals surface area (Å²) in [4.78, 5) is 2.41. The molecule has 0 saturated carbocycles. The van der Waals surface area contributed by atoms with Crippen LogP contribution in [0.5, 0.6) is 0 Å². The zero-order valence-electron chi connectivity index (χ0n) is 16.2. The maximum Gasteiger partial charge on any atom is 0.418 e. The number of benzene rings is 1. The van der Waals surface area contributed by atoms with E-state index in [4.69, 9.17) is 5.10 Å². The van der Waals surface area contributed by atoms with Crippen LogP contribution in [0.3, 0.4) is 0 Å². The molecule has 0 bridgehead atoms. The second-order valence-electron chi connectivity index (χ2n) is 7.76. The van der Waals surface area contributed by atoms with Gasteiger partial charge in [0.05, 0.1) is 16.9 Å². The SMILES string of the molecule is CCN1CCCC(c2nn(-c3ccccc3C(F)(F)F)c3c2CCCCN3)C1. The highest BCUT2D eigenvalue weighted by Gasteiger charge is 2.36. The number of piperidine rings is 1. The van der Waals surface area contributed by atoms with Crippen molar-refractivity contribution in [3.8, 4) is 5.69 Å². The number of likely N-dealkylation sites (N-methyl/N-ethyl adjacent to an activating group) is 1. The minimum absolute atomic E-state index is 0.107. The zero-order chi connectivity index (χ0) is 19.7. The molecule has 28 heavy (non-hydrogen) atoms. The van der Waals surface area contributed by atoms with E-state index in [1.54, 1.807) is 6.07 Å². The minimum atomic E-state index is -4.41. The fourth-order valence-corrected chi connectivity index (χ4v) is 4.50. The van der Waals surface area contributed by atoms with E-state index >= 15 is 0 Å². The fraction of sp³-hybridized carbons (Fsp3) is 0.571. The summed E-state index contributed by atoms with van der Waals surface area (Å²) < 4.78 is 42.4. The van der Waals surface area contributed by atoms with Crippen molar-refractivity contribution in [1.29, 1.82) is 0 Å². The molecule has 152 valence electrons. The van der Waals surface area contributed by atoms with Crippen LogP contribution < -0.4 is 5.32 Å². The lowest BCUT2D eigenvalue weighted by molar-refractivity contribution is -0.137. The summed E-state index contributed by atoms with van der Waals surface area (Å²) in [6.45, 7) is 5.93. The average molecular weight is 392 g/mol. The first-order valence-corrected chi connectivity index (χ1v) is 10.2. The Kier molecular flexibility index (Phi) is 5.36. The van der Waals surface area contributed by atoms with Crippen molar-refractivity contribution in [3.05, 3.63) is 41.1 Å². The van der Waals surface area contributed by atoms with E-state index in [2.05, 4.69) is 17.1 Å². The van der Waals surface area contributed by atoms with E-state index in [0.29, 0.717) is 0 Å². The second-order valence-corrected chi connectivity index (χ2v) is 7.76.